The molecule has 1 N–H and O–H groups in total. The second-order valence-corrected chi connectivity index (χ2v) is 4.06. The highest BCUT2D eigenvalue weighted by Crippen LogP contribution is 2.38. The van der Waals surface area contributed by atoms with Crippen molar-refractivity contribution < 1.29 is 4.74 Å². The molecular weight excluding hydrogens is 174 g/mol. The Balaban J connectivity index is 0.000000720. The van der Waals surface area contributed by atoms with Crippen LogP contribution in [0.15, 0.2) is 0 Å². The molecule has 0 radical (unpaired) electrons. The summed E-state index contributed by atoms with van der Waals surface area (Å²) in [5.74, 6) is 0. The molecule has 12 heavy (non-hydrogen) atoms. The van der Waals surface area contributed by atoms with Gasteiger partial charge in [0.05, 0.1) is 6.10 Å². The fourth-order valence-corrected chi connectivity index (χ4v) is 2.43. The summed E-state index contributed by atoms with van der Waals surface area (Å²) in [5, 5.41) is 3.45. The molecule has 0 amide bonds. The predicted molar refractivity (Wildman–Crippen MR) is 51.8 cm³/mol. The molecule has 0 aliphatic carbocycles. The summed E-state index contributed by atoms with van der Waals surface area (Å²) < 4.78 is 5.54. The molecule has 2 atom stereocenters. The molecule has 2 fully saturated rings. The number of halogens is 1. The Morgan fingerprint density at radius 2 is 2.25 bits per heavy atom. The van der Waals surface area contributed by atoms with Gasteiger partial charge in [0.15, 0.2) is 0 Å². The molecule has 2 heterocycles. The van der Waals surface area contributed by atoms with Gasteiger partial charge in [-0.25, -0.2) is 0 Å². The molecule has 3 heteroatoms. The van der Waals surface area contributed by atoms with E-state index in [0.29, 0.717) is 11.5 Å². The lowest BCUT2D eigenvalue weighted by Crippen LogP contribution is -2.35. The van der Waals surface area contributed by atoms with Crippen molar-refractivity contribution in [1.29, 1.82) is 0 Å². The highest BCUT2D eigenvalue weighted by Gasteiger charge is 2.37. The maximum atomic E-state index is 5.54. The van der Waals surface area contributed by atoms with Gasteiger partial charge in [0.25, 0.3) is 0 Å². The summed E-state index contributed by atoms with van der Waals surface area (Å²) >= 11 is 0. The van der Waals surface area contributed by atoms with Crippen LogP contribution in [-0.2, 0) is 4.74 Å². The highest BCUT2D eigenvalue weighted by atomic mass is 35.5. The Morgan fingerprint density at radius 3 is 2.83 bits per heavy atom. The van der Waals surface area contributed by atoms with Crippen LogP contribution in [-0.4, -0.2) is 25.8 Å². The predicted octanol–water partition coefficient (Wildman–Crippen LogP) is 1.59. The van der Waals surface area contributed by atoms with Crippen molar-refractivity contribution in [1.82, 2.24) is 5.32 Å². The van der Waals surface area contributed by atoms with Crippen molar-refractivity contribution >= 4 is 12.4 Å². The minimum atomic E-state index is 0. The zero-order valence-electron chi connectivity index (χ0n) is 7.64. The largest absolute Gasteiger partial charge is 0.378 e. The molecule has 0 aromatic carbocycles. The standard InChI is InChI=1S/C9H17NO.ClH/c1-8-6-9(3-5-11-8)2-4-10-7-9;/h8,10H,2-7H2,1H3;1H. The Morgan fingerprint density at radius 1 is 1.42 bits per heavy atom. The first-order valence-electron chi connectivity index (χ1n) is 4.63. The summed E-state index contributed by atoms with van der Waals surface area (Å²) in [4.78, 5) is 0. The minimum absolute atomic E-state index is 0. The van der Waals surface area contributed by atoms with Crippen molar-refractivity contribution in [3.05, 3.63) is 0 Å². The lowest BCUT2D eigenvalue weighted by atomic mass is 9.77. The number of hydrogen-bond donors (Lipinski definition) is 1. The molecule has 0 aromatic heterocycles. The van der Waals surface area contributed by atoms with Crippen LogP contribution in [0.2, 0.25) is 0 Å². The Hall–Kier alpha value is 0.210. The first kappa shape index (κ1) is 10.3. The summed E-state index contributed by atoms with van der Waals surface area (Å²) in [6, 6.07) is 0. The zero-order chi connectivity index (χ0) is 7.73. The third-order valence-corrected chi connectivity index (χ3v) is 3.09. The van der Waals surface area contributed by atoms with Gasteiger partial charge in [-0.3, -0.25) is 0 Å². The first-order valence-corrected chi connectivity index (χ1v) is 4.63. The van der Waals surface area contributed by atoms with Crippen LogP contribution in [0.4, 0.5) is 0 Å². The van der Waals surface area contributed by atoms with E-state index in [2.05, 4.69) is 12.2 Å². The van der Waals surface area contributed by atoms with Gasteiger partial charge in [-0.05, 0) is 38.1 Å². The molecule has 0 saturated carbocycles. The second kappa shape index (κ2) is 3.95. The molecule has 2 unspecified atom stereocenters. The Kier molecular flexibility index (Phi) is 3.38. The van der Waals surface area contributed by atoms with E-state index in [1.54, 1.807) is 0 Å². The van der Waals surface area contributed by atoms with Crippen LogP contribution in [0, 0.1) is 5.41 Å². The van der Waals surface area contributed by atoms with Crippen molar-refractivity contribution in [2.75, 3.05) is 19.7 Å². The SMILES string of the molecule is CC1CC2(CCNC2)CCO1.Cl. The van der Waals surface area contributed by atoms with Crippen LogP contribution in [0.3, 0.4) is 0 Å². The van der Waals surface area contributed by atoms with Gasteiger partial charge in [-0.15, -0.1) is 12.4 Å². The minimum Gasteiger partial charge on any atom is -0.378 e. The van der Waals surface area contributed by atoms with Crippen molar-refractivity contribution in [3.63, 3.8) is 0 Å². The maximum absolute atomic E-state index is 5.54. The van der Waals surface area contributed by atoms with E-state index in [-0.39, 0.29) is 12.4 Å². The fraction of sp³-hybridized carbons (Fsp3) is 1.00. The number of hydrogen-bond acceptors (Lipinski definition) is 2. The monoisotopic (exact) mass is 191 g/mol. The molecule has 2 nitrogen and oxygen atoms in total. The van der Waals surface area contributed by atoms with Gasteiger partial charge in [0, 0.05) is 13.2 Å². The topological polar surface area (TPSA) is 21.3 Å². The molecule has 1 spiro atoms. The summed E-state index contributed by atoms with van der Waals surface area (Å²) in [6.07, 6.45) is 4.38. The van der Waals surface area contributed by atoms with Crippen molar-refractivity contribution in [2.45, 2.75) is 32.3 Å². The van der Waals surface area contributed by atoms with E-state index in [9.17, 15) is 0 Å². The van der Waals surface area contributed by atoms with E-state index >= 15 is 0 Å². The van der Waals surface area contributed by atoms with Gasteiger partial charge in [0.1, 0.15) is 0 Å². The third kappa shape index (κ3) is 1.93. The molecular formula is C9H18ClNO. The van der Waals surface area contributed by atoms with Gasteiger partial charge in [-0.2, -0.15) is 0 Å². The number of ether oxygens (including phenoxy) is 1. The van der Waals surface area contributed by atoms with Crippen LogP contribution >= 0.6 is 12.4 Å². The van der Waals surface area contributed by atoms with Gasteiger partial charge >= 0.3 is 0 Å². The molecule has 2 aliphatic rings. The van der Waals surface area contributed by atoms with Gasteiger partial charge in [0.2, 0.25) is 0 Å². The zero-order valence-corrected chi connectivity index (χ0v) is 8.45. The average Bonchev–Trinajstić information content (AvgIpc) is 2.37. The van der Waals surface area contributed by atoms with Crippen molar-refractivity contribution in [3.8, 4) is 0 Å². The van der Waals surface area contributed by atoms with E-state index in [1.807, 2.05) is 0 Å². The first-order chi connectivity index (χ1) is 5.31. The van der Waals surface area contributed by atoms with E-state index < -0.39 is 0 Å². The Labute approximate surface area is 80.5 Å². The fourth-order valence-electron chi connectivity index (χ4n) is 2.43. The lowest BCUT2D eigenvalue weighted by Gasteiger charge is -2.36. The number of nitrogens with one attached hydrogen (secondary N) is 1. The van der Waals surface area contributed by atoms with Crippen LogP contribution in [0.1, 0.15) is 26.2 Å². The molecule has 2 rings (SSSR count). The van der Waals surface area contributed by atoms with E-state index in [0.717, 1.165) is 6.61 Å². The highest BCUT2D eigenvalue weighted by molar-refractivity contribution is 5.85. The Bertz CT molecular complexity index is 145. The quantitative estimate of drug-likeness (QED) is 0.628. The van der Waals surface area contributed by atoms with Crippen LogP contribution < -0.4 is 5.32 Å². The van der Waals surface area contributed by atoms with Crippen LogP contribution in [0.25, 0.3) is 0 Å². The van der Waals surface area contributed by atoms with Gasteiger partial charge < -0.3 is 10.1 Å². The summed E-state index contributed by atoms with van der Waals surface area (Å²) in [5.41, 5.74) is 0.609. The smallest absolute Gasteiger partial charge is 0.0552 e. The van der Waals surface area contributed by atoms with E-state index in [1.165, 1.54) is 32.4 Å². The lowest BCUT2D eigenvalue weighted by molar-refractivity contribution is -0.0314. The summed E-state index contributed by atoms with van der Waals surface area (Å²) in [6.45, 7) is 5.61. The maximum Gasteiger partial charge on any atom is 0.0552 e. The third-order valence-electron chi connectivity index (χ3n) is 3.09. The van der Waals surface area contributed by atoms with E-state index in [4.69, 9.17) is 4.74 Å². The molecule has 0 bridgehead atoms. The van der Waals surface area contributed by atoms with Crippen molar-refractivity contribution in [2.24, 2.45) is 5.41 Å². The van der Waals surface area contributed by atoms with Gasteiger partial charge in [-0.1, -0.05) is 0 Å². The summed E-state index contributed by atoms with van der Waals surface area (Å²) in [7, 11) is 0. The average molecular weight is 192 g/mol. The van der Waals surface area contributed by atoms with Crippen LogP contribution in [0.5, 0.6) is 0 Å². The normalized spacial score (nSPS) is 41.2. The number of rotatable bonds is 0. The molecule has 72 valence electrons. The molecule has 2 saturated heterocycles. The molecule has 2 aliphatic heterocycles. The second-order valence-electron chi connectivity index (χ2n) is 4.06. The molecule has 0 aromatic rings.